The minimum atomic E-state index is 0.302. The van der Waals surface area contributed by atoms with Crippen LogP contribution in [0.3, 0.4) is 0 Å². The molecule has 0 saturated heterocycles. The smallest absolute Gasteiger partial charge is 0.103 e. The Bertz CT molecular complexity index is 288. The number of ether oxygens (including phenoxy) is 1. The van der Waals surface area contributed by atoms with E-state index in [0.29, 0.717) is 12.0 Å². The van der Waals surface area contributed by atoms with Crippen LogP contribution in [-0.2, 0) is 11.2 Å². The van der Waals surface area contributed by atoms with Gasteiger partial charge in [0.2, 0.25) is 0 Å². The van der Waals surface area contributed by atoms with E-state index in [4.69, 9.17) is 4.74 Å². The van der Waals surface area contributed by atoms with E-state index in [2.05, 4.69) is 35.9 Å². The Balaban J connectivity index is 2.09. The number of aryl methyl sites for hydroxylation is 1. The van der Waals surface area contributed by atoms with Gasteiger partial charge in [0.05, 0.1) is 6.10 Å². The molecule has 1 unspecified atom stereocenters. The van der Waals surface area contributed by atoms with Crippen molar-refractivity contribution in [2.75, 3.05) is 5.94 Å². The number of fused-ring (bicyclic) bond motifs is 1. The van der Waals surface area contributed by atoms with Crippen molar-refractivity contribution in [3.63, 3.8) is 0 Å². The molecule has 70 valence electrons. The van der Waals surface area contributed by atoms with Gasteiger partial charge < -0.3 is 4.74 Å². The first-order valence-electron chi connectivity index (χ1n) is 4.37. The van der Waals surface area contributed by atoms with E-state index in [1.807, 2.05) is 0 Å². The highest BCUT2D eigenvalue weighted by atomic mass is 33.1. The van der Waals surface area contributed by atoms with Gasteiger partial charge in [-0.1, -0.05) is 35.1 Å². The van der Waals surface area contributed by atoms with E-state index in [1.165, 1.54) is 21.9 Å². The third-order valence-electron chi connectivity index (χ3n) is 2.40. The molecule has 1 aliphatic rings. The van der Waals surface area contributed by atoms with Crippen LogP contribution in [0.1, 0.15) is 23.7 Å². The van der Waals surface area contributed by atoms with Crippen molar-refractivity contribution < 1.29 is 4.74 Å². The van der Waals surface area contributed by atoms with Crippen molar-refractivity contribution in [2.45, 2.75) is 18.9 Å². The molecule has 1 atom stereocenters. The largest absolute Gasteiger partial charge is 0.362 e. The van der Waals surface area contributed by atoms with Crippen LogP contribution < -0.4 is 0 Å². The van der Waals surface area contributed by atoms with E-state index >= 15 is 0 Å². The molecule has 2 rings (SSSR count). The summed E-state index contributed by atoms with van der Waals surface area (Å²) in [4.78, 5) is 0. The lowest BCUT2D eigenvalue weighted by Crippen LogP contribution is -1.98. The van der Waals surface area contributed by atoms with Crippen LogP contribution in [0.15, 0.2) is 24.3 Å². The molecule has 0 heterocycles. The monoisotopic (exact) mass is 212 g/mol. The van der Waals surface area contributed by atoms with Gasteiger partial charge in [0.15, 0.2) is 0 Å². The van der Waals surface area contributed by atoms with E-state index in [0.717, 1.165) is 12.8 Å². The standard InChI is InChI=1S/C10H12OS2/c12-13-7-11-10-6-5-8-3-1-2-4-9(8)10/h1-4,10,12H,5-7H2. The Kier molecular flexibility index (Phi) is 3.19. The van der Waals surface area contributed by atoms with Crippen molar-refractivity contribution in [2.24, 2.45) is 0 Å². The predicted molar refractivity (Wildman–Crippen MR) is 60.0 cm³/mol. The topological polar surface area (TPSA) is 9.23 Å². The third-order valence-corrected chi connectivity index (χ3v) is 2.96. The summed E-state index contributed by atoms with van der Waals surface area (Å²) < 4.78 is 5.67. The molecule has 0 saturated carbocycles. The van der Waals surface area contributed by atoms with Crippen LogP contribution in [0, 0.1) is 0 Å². The summed E-state index contributed by atoms with van der Waals surface area (Å²) in [5.74, 6) is 0.669. The zero-order valence-corrected chi connectivity index (χ0v) is 8.98. The molecule has 0 bridgehead atoms. The molecular weight excluding hydrogens is 200 g/mol. The first kappa shape index (κ1) is 9.44. The van der Waals surface area contributed by atoms with Crippen LogP contribution in [0.4, 0.5) is 0 Å². The number of hydrogen-bond acceptors (Lipinski definition) is 3. The van der Waals surface area contributed by atoms with Gasteiger partial charge in [-0.05, 0) is 24.0 Å². The molecule has 3 heteroatoms. The van der Waals surface area contributed by atoms with Crippen molar-refractivity contribution in [3.8, 4) is 0 Å². The third kappa shape index (κ3) is 2.03. The molecule has 0 spiro atoms. The van der Waals surface area contributed by atoms with Gasteiger partial charge in [-0.25, -0.2) is 0 Å². The van der Waals surface area contributed by atoms with Gasteiger partial charge >= 0.3 is 0 Å². The summed E-state index contributed by atoms with van der Waals surface area (Å²) in [6.07, 6.45) is 2.57. The summed E-state index contributed by atoms with van der Waals surface area (Å²) in [6, 6.07) is 8.52. The van der Waals surface area contributed by atoms with Crippen molar-refractivity contribution in [1.29, 1.82) is 0 Å². The molecule has 1 aromatic carbocycles. The molecular formula is C10H12OS2. The molecule has 0 aliphatic heterocycles. The fourth-order valence-electron chi connectivity index (χ4n) is 1.80. The molecule has 0 fully saturated rings. The van der Waals surface area contributed by atoms with Crippen LogP contribution >= 0.6 is 22.5 Å². The summed E-state index contributed by atoms with van der Waals surface area (Å²) in [7, 11) is 1.44. The van der Waals surface area contributed by atoms with E-state index in [1.54, 1.807) is 0 Å². The fourth-order valence-corrected chi connectivity index (χ4v) is 2.21. The Labute approximate surface area is 87.7 Å². The van der Waals surface area contributed by atoms with Gasteiger partial charge in [0, 0.05) is 0 Å². The van der Waals surface area contributed by atoms with E-state index in [-0.39, 0.29) is 0 Å². The van der Waals surface area contributed by atoms with E-state index in [9.17, 15) is 0 Å². The van der Waals surface area contributed by atoms with Gasteiger partial charge in [-0.2, -0.15) is 0 Å². The summed E-state index contributed by atoms with van der Waals surface area (Å²) in [6.45, 7) is 0. The van der Waals surface area contributed by atoms with Gasteiger partial charge in [-0.15, -0.1) is 11.7 Å². The lowest BCUT2D eigenvalue weighted by atomic mass is 10.1. The minimum Gasteiger partial charge on any atom is -0.362 e. The summed E-state index contributed by atoms with van der Waals surface area (Å²) >= 11 is 4.06. The molecule has 0 radical (unpaired) electrons. The molecule has 0 aromatic heterocycles. The lowest BCUT2D eigenvalue weighted by molar-refractivity contribution is 0.0927. The second kappa shape index (κ2) is 4.40. The maximum absolute atomic E-state index is 5.67. The highest BCUT2D eigenvalue weighted by Crippen LogP contribution is 2.34. The molecule has 0 N–H and O–H groups in total. The van der Waals surface area contributed by atoms with Crippen LogP contribution in [0.25, 0.3) is 0 Å². The van der Waals surface area contributed by atoms with Crippen molar-refractivity contribution >= 4 is 22.5 Å². The minimum absolute atomic E-state index is 0.302. The number of hydrogen-bond donors (Lipinski definition) is 1. The summed E-state index contributed by atoms with van der Waals surface area (Å²) in [5, 5.41) is 0. The quantitative estimate of drug-likeness (QED) is 0.468. The van der Waals surface area contributed by atoms with Gasteiger partial charge in [-0.3, -0.25) is 0 Å². The summed E-state index contributed by atoms with van der Waals surface area (Å²) in [5.41, 5.74) is 2.81. The SMILES string of the molecule is SSCOC1CCc2ccccc21. The Morgan fingerprint density at radius 2 is 2.31 bits per heavy atom. The molecule has 1 aromatic rings. The average Bonchev–Trinajstić information content (AvgIpc) is 2.58. The van der Waals surface area contributed by atoms with Crippen LogP contribution in [0.2, 0.25) is 0 Å². The first-order valence-corrected chi connectivity index (χ1v) is 6.41. The van der Waals surface area contributed by atoms with Crippen molar-refractivity contribution in [1.82, 2.24) is 0 Å². The van der Waals surface area contributed by atoms with Crippen LogP contribution in [0.5, 0.6) is 0 Å². The maximum atomic E-state index is 5.67. The second-order valence-electron chi connectivity index (χ2n) is 3.14. The van der Waals surface area contributed by atoms with Gasteiger partial charge in [0.1, 0.15) is 5.94 Å². The highest BCUT2D eigenvalue weighted by Gasteiger charge is 2.21. The maximum Gasteiger partial charge on any atom is 0.103 e. The first-order chi connectivity index (χ1) is 6.42. The van der Waals surface area contributed by atoms with Crippen LogP contribution in [-0.4, -0.2) is 5.94 Å². The van der Waals surface area contributed by atoms with Gasteiger partial charge in [0.25, 0.3) is 0 Å². The second-order valence-corrected chi connectivity index (χ2v) is 4.41. The highest BCUT2D eigenvalue weighted by molar-refractivity contribution is 8.68. The zero-order valence-electron chi connectivity index (χ0n) is 7.27. The molecule has 13 heavy (non-hydrogen) atoms. The Morgan fingerprint density at radius 3 is 3.15 bits per heavy atom. The fraction of sp³-hybridized carbons (Fsp3) is 0.400. The number of benzene rings is 1. The lowest BCUT2D eigenvalue weighted by Gasteiger charge is -2.11. The molecule has 1 nitrogen and oxygen atoms in total. The van der Waals surface area contributed by atoms with Crippen molar-refractivity contribution in [3.05, 3.63) is 35.4 Å². The Morgan fingerprint density at radius 1 is 1.46 bits per heavy atom. The molecule has 0 amide bonds. The zero-order chi connectivity index (χ0) is 9.10. The Hall–Kier alpha value is -0.120. The molecule has 1 aliphatic carbocycles. The van der Waals surface area contributed by atoms with E-state index < -0.39 is 0 Å². The average molecular weight is 212 g/mol. The number of rotatable bonds is 3. The predicted octanol–water partition coefficient (Wildman–Crippen LogP) is 3.23. The normalized spacial score (nSPS) is 20.2. The number of thiol groups is 1.